The van der Waals surface area contributed by atoms with E-state index in [2.05, 4.69) is 37.9 Å². The van der Waals surface area contributed by atoms with Crippen LogP contribution in [0.5, 0.6) is 0 Å². The van der Waals surface area contributed by atoms with Crippen LogP contribution in [0.1, 0.15) is 73.1 Å². The van der Waals surface area contributed by atoms with Crippen molar-refractivity contribution in [2.75, 3.05) is 52.5 Å². The Morgan fingerprint density at radius 2 is 1.69 bits per heavy atom. The van der Waals surface area contributed by atoms with E-state index in [1.807, 2.05) is 16.7 Å². The Kier molecular flexibility index (Phi) is 9.93. The van der Waals surface area contributed by atoms with Crippen molar-refractivity contribution in [3.63, 3.8) is 0 Å². The van der Waals surface area contributed by atoms with Gasteiger partial charge in [0.1, 0.15) is 6.04 Å². The summed E-state index contributed by atoms with van der Waals surface area (Å²) >= 11 is 0. The molecule has 1 spiro atoms. The minimum Gasteiger partial charge on any atom is -0.349 e. The van der Waals surface area contributed by atoms with Gasteiger partial charge in [0.15, 0.2) is 5.79 Å². The average Bonchev–Trinajstić information content (AvgIpc) is 2.86. The molecule has 0 aliphatic carbocycles. The number of carbonyl (C=O) groups is 2. The Labute approximate surface area is 233 Å². The number of rotatable bonds is 8. The van der Waals surface area contributed by atoms with Gasteiger partial charge in [-0.1, -0.05) is 27.7 Å². The van der Waals surface area contributed by atoms with Crippen LogP contribution >= 0.6 is 0 Å². The quantitative estimate of drug-likeness (QED) is 0.495. The Hall–Kier alpha value is -1.36. The van der Waals surface area contributed by atoms with Crippen LogP contribution in [-0.4, -0.2) is 109 Å². The van der Waals surface area contributed by atoms with Gasteiger partial charge in [0.25, 0.3) is 5.92 Å². The van der Waals surface area contributed by atoms with E-state index in [9.17, 15) is 18.4 Å². The predicted molar refractivity (Wildman–Crippen MR) is 145 cm³/mol. The molecule has 8 nitrogen and oxygen atoms in total. The molecule has 224 valence electrons. The number of ether oxygens (including phenoxy) is 2. The van der Waals surface area contributed by atoms with Gasteiger partial charge >= 0.3 is 0 Å². The topological polar surface area (TPSA) is 74.3 Å². The van der Waals surface area contributed by atoms with Gasteiger partial charge in [-0.15, -0.1) is 0 Å². The van der Waals surface area contributed by atoms with E-state index < -0.39 is 17.8 Å². The van der Waals surface area contributed by atoms with Crippen molar-refractivity contribution in [3.8, 4) is 0 Å². The lowest BCUT2D eigenvalue weighted by Gasteiger charge is -2.50. The molecular weight excluding hydrogens is 506 g/mol. The third-order valence-electron chi connectivity index (χ3n) is 8.81. The molecule has 0 unspecified atom stereocenters. The fraction of sp³-hybridized carbons (Fsp3) is 0.931. The second-order valence-corrected chi connectivity index (χ2v) is 13.2. The standard InChI is InChI=1S/C29H50F2N4O4/c1-20(2)14-24-26(36)35(13-9-32-24)25(15-21(3)4)27(37)34-12-8-29(16-22(34)5)38-18-23(19-39-29)17-33-10-6-28(30,31)7-11-33/h20-25,32H,6-19H2,1-5H3/t22-,23?,24-,25-,29?/m0/s1. The molecule has 10 heteroatoms. The summed E-state index contributed by atoms with van der Waals surface area (Å²) in [6.07, 6.45) is 2.42. The second kappa shape index (κ2) is 12.7. The maximum atomic E-state index is 14.0. The van der Waals surface area contributed by atoms with Gasteiger partial charge in [-0.25, -0.2) is 8.78 Å². The zero-order valence-electron chi connectivity index (χ0n) is 24.6. The maximum Gasteiger partial charge on any atom is 0.250 e. The number of hydrogen-bond donors (Lipinski definition) is 1. The lowest BCUT2D eigenvalue weighted by molar-refractivity contribution is -0.303. The Balaban J connectivity index is 1.33. The number of piperazine rings is 1. The molecule has 0 saturated carbocycles. The molecule has 0 aromatic rings. The molecule has 4 fully saturated rings. The first-order chi connectivity index (χ1) is 18.4. The molecule has 4 rings (SSSR count). The summed E-state index contributed by atoms with van der Waals surface area (Å²) in [4.78, 5) is 33.2. The predicted octanol–water partition coefficient (Wildman–Crippen LogP) is 3.35. The number of carbonyl (C=O) groups excluding carboxylic acids is 2. The van der Waals surface area contributed by atoms with Crippen molar-refractivity contribution < 1.29 is 27.8 Å². The zero-order chi connectivity index (χ0) is 28.4. The van der Waals surface area contributed by atoms with Crippen LogP contribution in [0.2, 0.25) is 0 Å². The summed E-state index contributed by atoms with van der Waals surface area (Å²) in [7, 11) is 0. The van der Waals surface area contributed by atoms with Crippen LogP contribution in [0.3, 0.4) is 0 Å². The fourth-order valence-corrected chi connectivity index (χ4v) is 6.65. The summed E-state index contributed by atoms with van der Waals surface area (Å²) in [6.45, 7) is 14.8. The average molecular weight is 557 g/mol. The largest absolute Gasteiger partial charge is 0.349 e. The van der Waals surface area contributed by atoms with Gasteiger partial charge in [-0.2, -0.15) is 0 Å². The van der Waals surface area contributed by atoms with E-state index in [-0.39, 0.29) is 48.6 Å². The summed E-state index contributed by atoms with van der Waals surface area (Å²) < 4.78 is 39.6. The molecule has 4 heterocycles. The fourth-order valence-electron chi connectivity index (χ4n) is 6.65. The van der Waals surface area contributed by atoms with Crippen molar-refractivity contribution in [2.45, 2.75) is 103 Å². The van der Waals surface area contributed by atoms with Crippen molar-refractivity contribution in [1.82, 2.24) is 20.0 Å². The van der Waals surface area contributed by atoms with Crippen molar-refractivity contribution in [1.29, 1.82) is 0 Å². The number of nitrogens with one attached hydrogen (secondary N) is 1. The highest BCUT2D eigenvalue weighted by atomic mass is 19.3. The Morgan fingerprint density at radius 1 is 1.03 bits per heavy atom. The molecule has 1 N–H and O–H groups in total. The number of piperidine rings is 2. The first-order valence-corrected chi connectivity index (χ1v) is 15.1. The smallest absolute Gasteiger partial charge is 0.250 e. The molecule has 3 atom stereocenters. The molecular formula is C29H50F2N4O4. The van der Waals surface area contributed by atoms with Gasteiger partial charge in [-0.05, 0) is 31.6 Å². The maximum absolute atomic E-state index is 14.0. The van der Waals surface area contributed by atoms with Crippen molar-refractivity contribution in [3.05, 3.63) is 0 Å². The SMILES string of the molecule is CC(C)C[C@@H]1NCCN([C@@H](CC(C)C)C(=O)N2CCC3(C[C@@H]2C)OCC(CN2CCC(F)(F)CC2)CO3)C1=O. The highest BCUT2D eigenvalue weighted by Gasteiger charge is 2.47. The van der Waals surface area contributed by atoms with Crippen LogP contribution in [0, 0.1) is 17.8 Å². The highest BCUT2D eigenvalue weighted by molar-refractivity contribution is 5.90. The minimum absolute atomic E-state index is 0.0279. The molecule has 4 saturated heterocycles. The van der Waals surface area contributed by atoms with Crippen LogP contribution in [0.25, 0.3) is 0 Å². The number of likely N-dealkylation sites (tertiary alicyclic amines) is 2. The van der Waals surface area contributed by atoms with Gasteiger partial charge in [0.05, 0.1) is 19.3 Å². The lowest BCUT2D eigenvalue weighted by atomic mass is 9.92. The lowest BCUT2D eigenvalue weighted by Crippen LogP contribution is -2.64. The first-order valence-electron chi connectivity index (χ1n) is 15.1. The molecule has 2 amide bonds. The summed E-state index contributed by atoms with van der Waals surface area (Å²) in [5, 5.41) is 3.35. The Bertz CT molecular complexity index is 839. The van der Waals surface area contributed by atoms with E-state index in [4.69, 9.17) is 9.47 Å². The van der Waals surface area contributed by atoms with E-state index in [1.165, 1.54) is 0 Å². The number of amides is 2. The summed E-state index contributed by atoms with van der Waals surface area (Å²) in [5.74, 6) is -2.34. The van der Waals surface area contributed by atoms with Crippen LogP contribution < -0.4 is 5.32 Å². The molecule has 0 aromatic heterocycles. The molecule has 0 aromatic carbocycles. The van der Waals surface area contributed by atoms with Gasteiger partial charge < -0.3 is 29.5 Å². The Morgan fingerprint density at radius 3 is 2.28 bits per heavy atom. The highest BCUT2D eigenvalue weighted by Crippen LogP contribution is 2.37. The molecule has 4 aliphatic heterocycles. The number of halogens is 2. The van der Waals surface area contributed by atoms with Crippen molar-refractivity contribution in [2.24, 2.45) is 17.8 Å². The van der Waals surface area contributed by atoms with Crippen molar-refractivity contribution >= 4 is 11.8 Å². The third-order valence-corrected chi connectivity index (χ3v) is 8.81. The number of alkyl halides is 2. The molecule has 0 radical (unpaired) electrons. The zero-order valence-corrected chi connectivity index (χ0v) is 24.6. The van der Waals surface area contributed by atoms with Gasteiger partial charge in [-0.3, -0.25) is 9.59 Å². The minimum atomic E-state index is -2.54. The monoisotopic (exact) mass is 556 g/mol. The van der Waals surface area contributed by atoms with E-state index in [0.717, 1.165) is 6.42 Å². The molecule has 39 heavy (non-hydrogen) atoms. The number of hydrogen-bond acceptors (Lipinski definition) is 6. The summed E-state index contributed by atoms with van der Waals surface area (Å²) in [6, 6.07) is -0.770. The third kappa shape index (κ3) is 7.68. The second-order valence-electron chi connectivity index (χ2n) is 13.2. The van der Waals surface area contributed by atoms with E-state index in [1.54, 1.807) is 0 Å². The number of nitrogens with zero attached hydrogens (tertiary/aromatic N) is 3. The normalized spacial score (nSPS) is 33.3. The van der Waals surface area contributed by atoms with Gasteiger partial charge in [0.2, 0.25) is 11.8 Å². The summed E-state index contributed by atoms with van der Waals surface area (Å²) in [5.41, 5.74) is 0. The van der Waals surface area contributed by atoms with Crippen LogP contribution in [0.4, 0.5) is 8.78 Å². The van der Waals surface area contributed by atoms with Gasteiger partial charge in [0, 0.05) is 76.9 Å². The van der Waals surface area contributed by atoms with E-state index >= 15 is 0 Å². The first kappa shape index (κ1) is 30.6. The van der Waals surface area contributed by atoms with E-state index in [0.29, 0.717) is 77.7 Å². The van der Waals surface area contributed by atoms with Crippen LogP contribution in [0.15, 0.2) is 0 Å². The van der Waals surface area contributed by atoms with Crippen LogP contribution in [-0.2, 0) is 19.1 Å². The molecule has 0 bridgehead atoms. The molecule has 4 aliphatic rings.